The van der Waals surface area contributed by atoms with E-state index in [0.717, 1.165) is 15.1 Å². The van der Waals surface area contributed by atoms with E-state index >= 15 is 0 Å². The van der Waals surface area contributed by atoms with Crippen molar-refractivity contribution >= 4 is 55.2 Å². The van der Waals surface area contributed by atoms with Crippen LogP contribution in [0.3, 0.4) is 0 Å². The summed E-state index contributed by atoms with van der Waals surface area (Å²) < 4.78 is 33.9. The molecule has 1 heterocycles. The third kappa shape index (κ3) is 5.37. The van der Waals surface area contributed by atoms with Gasteiger partial charge in [-0.25, -0.2) is 8.42 Å². The molecule has 0 saturated heterocycles. The van der Waals surface area contributed by atoms with Crippen molar-refractivity contribution < 1.29 is 22.7 Å². The lowest BCUT2D eigenvalue weighted by Crippen LogP contribution is -2.33. The van der Waals surface area contributed by atoms with Crippen LogP contribution in [0.25, 0.3) is 10.2 Å². The first-order chi connectivity index (χ1) is 15.6. The summed E-state index contributed by atoms with van der Waals surface area (Å²) in [6.45, 7) is 3.48. The third-order valence-corrected chi connectivity index (χ3v) is 8.92. The molecule has 3 rings (SSSR count). The van der Waals surface area contributed by atoms with E-state index in [-0.39, 0.29) is 23.0 Å². The molecule has 3 aromatic rings. The molecule has 2 aromatic carbocycles. The first-order valence-corrected chi connectivity index (χ1v) is 13.5. The Morgan fingerprint density at radius 3 is 2.42 bits per heavy atom. The monoisotopic (exact) mass is 507 g/mol. The highest BCUT2D eigenvalue weighted by atomic mass is 32.2. The summed E-state index contributed by atoms with van der Waals surface area (Å²) in [5.41, 5.74) is 1.01. The first kappa shape index (κ1) is 25.2. The zero-order valence-corrected chi connectivity index (χ0v) is 21.4. The van der Waals surface area contributed by atoms with Gasteiger partial charge >= 0.3 is 5.97 Å². The molecule has 0 bridgehead atoms. The zero-order chi connectivity index (χ0) is 24.3. The minimum absolute atomic E-state index is 0.0834. The van der Waals surface area contributed by atoms with Crippen LogP contribution >= 0.6 is 23.1 Å². The Labute approximate surface area is 201 Å². The second-order valence-corrected chi connectivity index (χ2v) is 11.3. The molecule has 8 nitrogen and oxygen atoms in total. The molecule has 33 heavy (non-hydrogen) atoms. The summed E-state index contributed by atoms with van der Waals surface area (Å²) in [4.78, 5) is 30.6. The molecule has 0 fully saturated rings. The summed E-state index contributed by atoms with van der Waals surface area (Å²) in [5.74, 6) is -0.993. The molecule has 0 spiro atoms. The highest BCUT2D eigenvalue weighted by Gasteiger charge is 2.23. The second kappa shape index (κ2) is 10.2. The van der Waals surface area contributed by atoms with Gasteiger partial charge in [-0.05, 0) is 62.6 Å². The summed E-state index contributed by atoms with van der Waals surface area (Å²) in [6.07, 6.45) is 1.97. The van der Waals surface area contributed by atoms with Crippen LogP contribution in [0.4, 0.5) is 0 Å². The Morgan fingerprint density at radius 2 is 1.85 bits per heavy atom. The number of thiazole rings is 1. The molecular weight excluding hydrogens is 482 g/mol. The van der Waals surface area contributed by atoms with Crippen molar-refractivity contribution in [1.29, 1.82) is 0 Å². The number of esters is 1. The predicted molar refractivity (Wildman–Crippen MR) is 130 cm³/mol. The molecule has 1 aromatic heterocycles. The van der Waals surface area contributed by atoms with Crippen LogP contribution in [0.15, 0.2) is 57.2 Å². The fourth-order valence-electron chi connectivity index (χ4n) is 2.98. The van der Waals surface area contributed by atoms with Crippen LogP contribution in [0.5, 0.6) is 0 Å². The molecule has 0 N–H and O–H groups in total. The smallest absolute Gasteiger partial charge is 0.325 e. The van der Waals surface area contributed by atoms with Crippen LogP contribution in [0, 0.1) is 0 Å². The fraction of sp³-hybridized carbons (Fsp3) is 0.318. The summed E-state index contributed by atoms with van der Waals surface area (Å²) in [7, 11) is -0.835. The molecule has 176 valence electrons. The fourth-order valence-corrected chi connectivity index (χ4v) is 5.93. The maximum absolute atomic E-state index is 12.9. The number of benzene rings is 2. The van der Waals surface area contributed by atoms with Crippen molar-refractivity contribution in [2.24, 2.45) is 4.99 Å². The van der Waals surface area contributed by atoms with Crippen molar-refractivity contribution in [2.75, 3.05) is 20.4 Å². The van der Waals surface area contributed by atoms with Crippen LogP contribution in [-0.2, 0) is 26.1 Å². The number of carbonyl (C=O) groups is 2. The molecule has 11 heteroatoms. The molecule has 0 saturated carbocycles. The van der Waals surface area contributed by atoms with Gasteiger partial charge in [0.1, 0.15) is 6.54 Å². The Bertz CT molecular complexity index is 1360. The average Bonchev–Trinajstić information content (AvgIpc) is 3.13. The van der Waals surface area contributed by atoms with Gasteiger partial charge in [-0.3, -0.25) is 9.59 Å². The van der Waals surface area contributed by atoms with Crippen molar-refractivity contribution in [3.8, 4) is 0 Å². The van der Waals surface area contributed by atoms with Crippen LogP contribution in [0.1, 0.15) is 24.2 Å². The van der Waals surface area contributed by atoms with E-state index in [1.165, 1.54) is 54.1 Å². The van der Waals surface area contributed by atoms with Crippen molar-refractivity contribution in [1.82, 2.24) is 8.87 Å². The largest absolute Gasteiger partial charge is 0.468 e. The molecule has 1 amide bonds. The number of amides is 1. The lowest BCUT2D eigenvalue weighted by molar-refractivity contribution is -0.141. The quantitative estimate of drug-likeness (QED) is 0.359. The number of carbonyl (C=O) groups excluding carboxylic acids is 2. The van der Waals surface area contributed by atoms with Gasteiger partial charge in [-0.1, -0.05) is 11.3 Å². The van der Waals surface area contributed by atoms with Gasteiger partial charge in [-0.2, -0.15) is 9.30 Å². The second-order valence-electron chi connectivity index (χ2n) is 7.44. The van der Waals surface area contributed by atoms with E-state index in [0.29, 0.717) is 4.80 Å². The SMILES string of the molecule is COC(=O)Cn1c(=NC(=O)c2ccc(S(=O)(=O)N(C)C(C)C)cc2)sc2cc(SC)ccc21. The van der Waals surface area contributed by atoms with Crippen LogP contribution < -0.4 is 4.80 Å². The van der Waals surface area contributed by atoms with E-state index in [4.69, 9.17) is 4.74 Å². The van der Waals surface area contributed by atoms with Gasteiger partial charge in [-0.15, -0.1) is 11.8 Å². The van der Waals surface area contributed by atoms with E-state index < -0.39 is 21.9 Å². The molecule has 0 aliphatic rings. The number of fused-ring (bicyclic) bond motifs is 1. The number of nitrogens with zero attached hydrogens (tertiary/aromatic N) is 3. The van der Waals surface area contributed by atoms with Crippen molar-refractivity contribution in [3.63, 3.8) is 0 Å². The number of ether oxygens (including phenoxy) is 1. The average molecular weight is 508 g/mol. The van der Waals surface area contributed by atoms with Gasteiger partial charge in [0.05, 0.1) is 22.2 Å². The minimum atomic E-state index is -3.65. The Hall–Kier alpha value is -2.47. The Balaban J connectivity index is 2.02. The van der Waals surface area contributed by atoms with E-state index in [2.05, 4.69) is 4.99 Å². The van der Waals surface area contributed by atoms with Gasteiger partial charge in [0, 0.05) is 23.5 Å². The van der Waals surface area contributed by atoms with E-state index in [1.54, 1.807) is 30.2 Å². The highest BCUT2D eigenvalue weighted by molar-refractivity contribution is 7.98. The van der Waals surface area contributed by atoms with Crippen molar-refractivity contribution in [2.45, 2.75) is 36.2 Å². The van der Waals surface area contributed by atoms with Crippen LogP contribution in [0.2, 0.25) is 0 Å². The number of thioether (sulfide) groups is 1. The topological polar surface area (TPSA) is 98.0 Å². The third-order valence-electron chi connectivity index (χ3n) is 5.11. The van der Waals surface area contributed by atoms with Crippen molar-refractivity contribution in [3.05, 3.63) is 52.8 Å². The lowest BCUT2D eigenvalue weighted by Gasteiger charge is -2.20. The summed E-state index contributed by atoms with van der Waals surface area (Å²) in [6, 6.07) is 11.3. The van der Waals surface area contributed by atoms with Crippen LogP contribution in [-0.4, -0.2) is 55.6 Å². The molecule has 0 radical (unpaired) electrons. The lowest BCUT2D eigenvalue weighted by atomic mass is 10.2. The number of methoxy groups -OCH3 is 1. The number of aromatic nitrogens is 1. The highest BCUT2D eigenvalue weighted by Crippen LogP contribution is 2.24. The molecule has 0 aliphatic carbocycles. The zero-order valence-electron chi connectivity index (χ0n) is 18.9. The van der Waals surface area contributed by atoms with E-state index in [9.17, 15) is 18.0 Å². The number of hydrogen-bond donors (Lipinski definition) is 0. The molecule has 0 unspecified atom stereocenters. The van der Waals surface area contributed by atoms with Gasteiger partial charge < -0.3 is 9.30 Å². The minimum Gasteiger partial charge on any atom is -0.468 e. The molecule has 0 atom stereocenters. The molecule has 0 aliphatic heterocycles. The number of hydrogen-bond acceptors (Lipinski definition) is 7. The predicted octanol–water partition coefficient (Wildman–Crippen LogP) is 3.37. The maximum atomic E-state index is 12.9. The first-order valence-electron chi connectivity index (χ1n) is 9.99. The number of rotatable bonds is 7. The molecular formula is C22H25N3O5S3. The van der Waals surface area contributed by atoms with Gasteiger partial charge in [0.15, 0.2) is 4.80 Å². The maximum Gasteiger partial charge on any atom is 0.325 e. The Morgan fingerprint density at radius 1 is 1.18 bits per heavy atom. The normalized spacial score (nSPS) is 12.6. The van der Waals surface area contributed by atoms with Gasteiger partial charge in [0.2, 0.25) is 10.0 Å². The Kier molecular flexibility index (Phi) is 7.78. The number of sulfonamides is 1. The summed E-state index contributed by atoms with van der Waals surface area (Å²) in [5, 5.41) is 0. The van der Waals surface area contributed by atoms with E-state index in [1.807, 2.05) is 24.5 Å². The standard InChI is InChI=1S/C22H25N3O5S3/c1-14(2)24(3)33(28,29)17-9-6-15(7-10-17)21(27)23-22-25(13-20(26)30-4)18-11-8-16(31-5)12-19(18)32-22/h6-12,14H,13H2,1-5H3. The summed E-state index contributed by atoms with van der Waals surface area (Å²) >= 11 is 2.89. The van der Waals surface area contributed by atoms with Gasteiger partial charge in [0.25, 0.3) is 5.91 Å².